The molecule has 0 saturated heterocycles. The minimum absolute atomic E-state index is 0.233. The smallest absolute Gasteiger partial charge is 0.123 e. The minimum Gasteiger partial charge on any atom is -0.508 e. The van der Waals surface area contributed by atoms with Crippen molar-refractivity contribution >= 4 is 0 Å². The number of hydrogen-bond acceptors (Lipinski definition) is 4. The van der Waals surface area contributed by atoms with Crippen molar-refractivity contribution in [3.63, 3.8) is 0 Å². The fourth-order valence-electron chi connectivity index (χ4n) is 3.01. The summed E-state index contributed by atoms with van der Waals surface area (Å²) in [6.45, 7) is 3.08. The van der Waals surface area contributed by atoms with Gasteiger partial charge in [0.1, 0.15) is 11.6 Å². The van der Waals surface area contributed by atoms with E-state index in [0.717, 1.165) is 36.2 Å². The van der Waals surface area contributed by atoms with Crippen molar-refractivity contribution in [2.45, 2.75) is 19.1 Å². The quantitative estimate of drug-likeness (QED) is 0.827. The zero-order valence-electron chi connectivity index (χ0n) is 13.5. The second kappa shape index (κ2) is 7.75. The lowest BCUT2D eigenvalue weighted by Crippen LogP contribution is -2.31. The lowest BCUT2D eigenvalue weighted by Gasteiger charge is -2.21. The van der Waals surface area contributed by atoms with Gasteiger partial charge in [0.15, 0.2) is 0 Å². The van der Waals surface area contributed by atoms with E-state index in [9.17, 15) is 14.6 Å². The number of hydrogen-bond donors (Lipinski definition) is 2. The van der Waals surface area contributed by atoms with E-state index in [1.54, 1.807) is 30.3 Å². The van der Waals surface area contributed by atoms with Gasteiger partial charge in [0.2, 0.25) is 0 Å². The number of fused-ring (bicyclic) bond motifs is 1. The second-order valence-electron chi connectivity index (χ2n) is 6.13. The van der Waals surface area contributed by atoms with E-state index in [1.165, 1.54) is 12.1 Å². The number of aliphatic hydroxyl groups excluding tert-OH is 1. The Kier molecular flexibility index (Phi) is 5.45. The van der Waals surface area contributed by atoms with Gasteiger partial charge in [-0.2, -0.15) is 0 Å². The number of halogens is 1. The van der Waals surface area contributed by atoms with Gasteiger partial charge < -0.3 is 14.9 Å². The summed E-state index contributed by atoms with van der Waals surface area (Å²) in [7, 11) is 0. The highest BCUT2D eigenvalue weighted by atomic mass is 19.1. The Morgan fingerprint density at radius 1 is 1.17 bits per heavy atom. The molecule has 0 fully saturated rings. The molecule has 4 nitrogen and oxygen atoms in total. The molecule has 2 aromatic rings. The fraction of sp³-hybridized carbons (Fsp3) is 0.368. The van der Waals surface area contributed by atoms with Gasteiger partial charge in [-0.1, -0.05) is 18.2 Å². The maximum absolute atomic E-state index is 12.8. The molecule has 1 aliphatic rings. The number of β-amino-alcohol motifs (C(OH)–C–C–N with tert-alkyl or cyclic N) is 1. The summed E-state index contributed by atoms with van der Waals surface area (Å²) in [5.74, 6) is -0.0139. The zero-order chi connectivity index (χ0) is 16.9. The molecule has 1 atom stereocenters. The van der Waals surface area contributed by atoms with Crippen LogP contribution in [0.2, 0.25) is 0 Å². The monoisotopic (exact) mass is 331 g/mol. The normalized spacial score (nSPS) is 18.2. The lowest BCUT2D eigenvalue weighted by molar-refractivity contribution is 0.0699. The predicted octanol–water partition coefficient (Wildman–Crippen LogP) is 2.64. The molecule has 24 heavy (non-hydrogen) atoms. The number of phenols is 1. The average molecular weight is 331 g/mol. The molecule has 0 spiro atoms. The van der Waals surface area contributed by atoms with Crippen LogP contribution in [-0.2, 0) is 17.8 Å². The van der Waals surface area contributed by atoms with Crippen molar-refractivity contribution in [1.82, 2.24) is 4.90 Å². The molecule has 0 radical (unpaired) electrons. The van der Waals surface area contributed by atoms with E-state index in [2.05, 4.69) is 4.90 Å². The second-order valence-corrected chi connectivity index (χ2v) is 6.13. The lowest BCUT2D eigenvalue weighted by atomic mass is 10.0. The Labute approximate surface area is 141 Å². The van der Waals surface area contributed by atoms with Crippen molar-refractivity contribution in [3.05, 3.63) is 65.0 Å². The van der Waals surface area contributed by atoms with Crippen molar-refractivity contribution in [3.8, 4) is 5.75 Å². The number of nitrogens with zero attached hydrogens (tertiary/aromatic N) is 1. The Balaban J connectivity index is 1.48. The standard InChI is InChI=1S/C19H22FNO3/c20-16-3-1-14(2-4-16)13-24-10-9-21-8-7-15-11-17(22)5-6-18(15)19(23)12-21/h1-6,11,19,22-23H,7-10,12-13H2. The third-order valence-corrected chi connectivity index (χ3v) is 4.35. The van der Waals surface area contributed by atoms with E-state index in [0.29, 0.717) is 19.8 Å². The zero-order valence-corrected chi connectivity index (χ0v) is 13.5. The van der Waals surface area contributed by atoms with Crippen molar-refractivity contribution < 1.29 is 19.3 Å². The van der Waals surface area contributed by atoms with Gasteiger partial charge in [-0.15, -0.1) is 0 Å². The van der Waals surface area contributed by atoms with Crippen LogP contribution in [0.4, 0.5) is 4.39 Å². The molecule has 1 heterocycles. The highest BCUT2D eigenvalue weighted by Crippen LogP contribution is 2.26. The molecule has 1 aliphatic heterocycles. The number of phenolic OH excluding ortho intramolecular Hbond substituents is 1. The van der Waals surface area contributed by atoms with E-state index in [-0.39, 0.29) is 11.6 Å². The van der Waals surface area contributed by atoms with E-state index >= 15 is 0 Å². The first-order valence-electron chi connectivity index (χ1n) is 8.16. The molecular formula is C19H22FNO3. The number of ether oxygens (including phenoxy) is 1. The van der Waals surface area contributed by atoms with Crippen LogP contribution in [0.25, 0.3) is 0 Å². The van der Waals surface area contributed by atoms with Crippen LogP contribution in [0.1, 0.15) is 22.8 Å². The van der Waals surface area contributed by atoms with Crippen molar-refractivity contribution in [2.75, 3.05) is 26.2 Å². The van der Waals surface area contributed by atoms with Gasteiger partial charge in [-0.25, -0.2) is 4.39 Å². The van der Waals surface area contributed by atoms with Gasteiger partial charge in [0, 0.05) is 19.6 Å². The molecule has 5 heteroatoms. The molecule has 0 saturated carbocycles. The first-order valence-corrected chi connectivity index (χ1v) is 8.16. The van der Waals surface area contributed by atoms with Crippen LogP contribution in [0.15, 0.2) is 42.5 Å². The van der Waals surface area contributed by atoms with E-state index < -0.39 is 6.10 Å². The topological polar surface area (TPSA) is 52.9 Å². The first-order chi connectivity index (χ1) is 11.6. The predicted molar refractivity (Wildman–Crippen MR) is 89.3 cm³/mol. The van der Waals surface area contributed by atoms with Crippen LogP contribution >= 0.6 is 0 Å². The third-order valence-electron chi connectivity index (χ3n) is 4.35. The molecule has 0 aromatic heterocycles. The molecule has 0 bridgehead atoms. The largest absolute Gasteiger partial charge is 0.508 e. The summed E-state index contributed by atoms with van der Waals surface area (Å²) in [5, 5.41) is 20.0. The van der Waals surface area contributed by atoms with Gasteiger partial charge in [0.05, 0.1) is 19.3 Å². The molecular weight excluding hydrogens is 309 g/mol. The first kappa shape index (κ1) is 16.9. The van der Waals surface area contributed by atoms with Gasteiger partial charge >= 0.3 is 0 Å². The summed E-state index contributed by atoms with van der Waals surface area (Å²) < 4.78 is 18.5. The molecule has 2 N–H and O–H groups in total. The van der Waals surface area contributed by atoms with Crippen molar-refractivity contribution in [1.29, 1.82) is 0 Å². The summed E-state index contributed by atoms with van der Waals surface area (Å²) in [4.78, 5) is 2.16. The Morgan fingerprint density at radius 2 is 1.96 bits per heavy atom. The summed E-state index contributed by atoms with van der Waals surface area (Å²) >= 11 is 0. The van der Waals surface area contributed by atoms with Gasteiger partial charge in [-0.3, -0.25) is 4.90 Å². The molecule has 128 valence electrons. The Morgan fingerprint density at radius 3 is 2.75 bits per heavy atom. The van der Waals surface area contributed by atoms with E-state index in [1.807, 2.05) is 0 Å². The number of benzene rings is 2. The summed E-state index contributed by atoms with van der Waals surface area (Å²) in [6.07, 6.45) is 0.235. The van der Waals surface area contributed by atoms with Crippen LogP contribution in [0, 0.1) is 5.82 Å². The molecule has 0 aliphatic carbocycles. The summed E-state index contributed by atoms with van der Waals surface area (Å²) in [5.41, 5.74) is 2.83. The van der Waals surface area contributed by atoms with Crippen LogP contribution in [-0.4, -0.2) is 41.4 Å². The third kappa shape index (κ3) is 4.32. The number of aliphatic hydroxyl groups is 1. The van der Waals surface area contributed by atoms with Crippen LogP contribution in [0.5, 0.6) is 5.75 Å². The number of aromatic hydroxyl groups is 1. The average Bonchev–Trinajstić information content (AvgIpc) is 2.72. The molecule has 3 rings (SSSR count). The highest BCUT2D eigenvalue weighted by molar-refractivity contribution is 5.37. The van der Waals surface area contributed by atoms with E-state index in [4.69, 9.17) is 4.74 Å². The molecule has 0 amide bonds. The number of rotatable bonds is 5. The SMILES string of the molecule is Oc1ccc2c(c1)CCN(CCOCc1ccc(F)cc1)CC2O. The maximum Gasteiger partial charge on any atom is 0.123 e. The fourth-order valence-corrected chi connectivity index (χ4v) is 3.01. The molecule has 2 aromatic carbocycles. The Bertz CT molecular complexity index is 675. The highest BCUT2D eigenvalue weighted by Gasteiger charge is 2.21. The minimum atomic E-state index is -0.555. The van der Waals surface area contributed by atoms with Gasteiger partial charge in [0.25, 0.3) is 0 Å². The maximum atomic E-state index is 12.8. The van der Waals surface area contributed by atoms with Crippen molar-refractivity contribution in [2.24, 2.45) is 0 Å². The van der Waals surface area contributed by atoms with Gasteiger partial charge in [-0.05, 0) is 47.4 Å². The molecule has 1 unspecified atom stereocenters. The Hall–Kier alpha value is -1.95. The van der Waals surface area contributed by atoms with Crippen LogP contribution < -0.4 is 0 Å². The van der Waals surface area contributed by atoms with Crippen LogP contribution in [0.3, 0.4) is 0 Å². The summed E-state index contributed by atoms with van der Waals surface area (Å²) in [6, 6.07) is 11.4.